The van der Waals surface area contributed by atoms with Gasteiger partial charge in [0, 0.05) is 5.69 Å². The van der Waals surface area contributed by atoms with Crippen LogP contribution in [0.2, 0.25) is 0 Å². The molecule has 1 aliphatic rings. The first-order valence-electron chi connectivity index (χ1n) is 6.04. The molecular weight excluding hydrogens is 315 g/mol. The number of rotatable bonds is 2. The fourth-order valence-corrected chi connectivity index (χ4v) is 2.53. The Kier molecular flexibility index (Phi) is 3.89. The molecule has 2 atom stereocenters. The number of carbonyl (C=O) groups is 2. The number of anilines is 1. The number of nitrogens with one attached hydrogen (secondary N) is 1. The molecule has 6 heteroatoms. The zero-order valence-electron chi connectivity index (χ0n) is 10.6. The fraction of sp³-hybridized carbons (Fsp3) is 0.385. The molecule has 1 aromatic carbocycles. The molecule has 1 saturated heterocycles. The summed E-state index contributed by atoms with van der Waals surface area (Å²) in [6, 6.07) is 3.17. The van der Waals surface area contributed by atoms with Crippen LogP contribution in [-0.2, 0) is 9.59 Å². The Balaban J connectivity index is 2.45. The Labute approximate surface area is 119 Å². The Morgan fingerprint density at radius 1 is 1.42 bits per heavy atom. The van der Waals surface area contributed by atoms with Crippen molar-refractivity contribution in [2.75, 3.05) is 4.90 Å². The van der Waals surface area contributed by atoms with Crippen LogP contribution >= 0.6 is 15.9 Å². The van der Waals surface area contributed by atoms with Crippen molar-refractivity contribution in [1.82, 2.24) is 5.32 Å². The van der Waals surface area contributed by atoms with Crippen LogP contribution in [-0.4, -0.2) is 23.9 Å². The van der Waals surface area contributed by atoms with E-state index >= 15 is 0 Å². The van der Waals surface area contributed by atoms with Gasteiger partial charge in [0.2, 0.25) is 11.8 Å². The van der Waals surface area contributed by atoms with Gasteiger partial charge in [-0.25, -0.2) is 4.39 Å². The summed E-state index contributed by atoms with van der Waals surface area (Å²) in [5, 5.41) is 2.64. The van der Waals surface area contributed by atoms with Crippen LogP contribution in [0.1, 0.15) is 20.3 Å². The van der Waals surface area contributed by atoms with Crippen LogP contribution in [0.15, 0.2) is 22.7 Å². The number of nitrogens with zero attached hydrogens (tertiary/aromatic N) is 1. The van der Waals surface area contributed by atoms with E-state index in [1.165, 1.54) is 23.1 Å². The standard InChI is InChI=1S/C13H14BrFN2O2/c1-3-11-12(18)16-7(2)13(19)17(11)8-4-5-10(15)9(14)6-8/h4-7,11H,3H2,1-2H3,(H,16,18). The third-order valence-corrected chi connectivity index (χ3v) is 3.76. The molecule has 0 spiro atoms. The molecule has 2 rings (SSSR count). The van der Waals surface area contributed by atoms with Gasteiger partial charge in [0.25, 0.3) is 0 Å². The van der Waals surface area contributed by atoms with Crippen LogP contribution in [0.25, 0.3) is 0 Å². The van der Waals surface area contributed by atoms with E-state index in [4.69, 9.17) is 0 Å². The molecule has 0 bridgehead atoms. The van der Waals surface area contributed by atoms with E-state index in [2.05, 4.69) is 21.2 Å². The van der Waals surface area contributed by atoms with Crippen LogP contribution in [0, 0.1) is 5.82 Å². The van der Waals surface area contributed by atoms with Crippen molar-refractivity contribution in [1.29, 1.82) is 0 Å². The van der Waals surface area contributed by atoms with E-state index in [-0.39, 0.29) is 16.3 Å². The lowest BCUT2D eigenvalue weighted by Gasteiger charge is -2.37. The van der Waals surface area contributed by atoms with Crippen molar-refractivity contribution in [3.8, 4) is 0 Å². The Morgan fingerprint density at radius 2 is 2.11 bits per heavy atom. The topological polar surface area (TPSA) is 49.4 Å². The van der Waals surface area contributed by atoms with Gasteiger partial charge in [-0.3, -0.25) is 14.5 Å². The quantitative estimate of drug-likeness (QED) is 0.904. The summed E-state index contributed by atoms with van der Waals surface area (Å²) in [7, 11) is 0. The fourth-order valence-electron chi connectivity index (χ4n) is 2.16. The first-order valence-corrected chi connectivity index (χ1v) is 6.83. The number of halogens is 2. The molecule has 1 N–H and O–H groups in total. The van der Waals surface area contributed by atoms with Gasteiger partial charge < -0.3 is 5.32 Å². The second kappa shape index (κ2) is 5.28. The highest BCUT2D eigenvalue weighted by Gasteiger charge is 2.38. The molecule has 1 fully saturated rings. The molecule has 0 radical (unpaired) electrons. The third-order valence-electron chi connectivity index (χ3n) is 3.15. The van der Waals surface area contributed by atoms with E-state index in [0.717, 1.165) is 0 Å². The monoisotopic (exact) mass is 328 g/mol. The minimum absolute atomic E-state index is 0.185. The maximum atomic E-state index is 13.3. The Bertz CT molecular complexity index is 535. The molecule has 1 aliphatic heterocycles. The maximum Gasteiger partial charge on any atom is 0.250 e. The summed E-state index contributed by atoms with van der Waals surface area (Å²) in [5.41, 5.74) is 0.520. The summed E-state index contributed by atoms with van der Waals surface area (Å²) in [4.78, 5) is 25.6. The predicted octanol–water partition coefficient (Wildman–Crippen LogP) is 2.22. The van der Waals surface area contributed by atoms with Crippen LogP contribution < -0.4 is 10.2 Å². The number of amides is 2. The van der Waals surface area contributed by atoms with Gasteiger partial charge >= 0.3 is 0 Å². The first-order chi connectivity index (χ1) is 8.95. The maximum absolute atomic E-state index is 13.3. The summed E-state index contributed by atoms with van der Waals surface area (Å²) in [6.07, 6.45) is 0.499. The van der Waals surface area contributed by atoms with Crippen LogP contribution in [0.3, 0.4) is 0 Å². The minimum atomic E-state index is -0.570. The number of piperazine rings is 1. The van der Waals surface area contributed by atoms with Crippen molar-refractivity contribution < 1.29 is 14.0 Å². The average Bonchev–Trinajstić information content (AvgIpc) is 2.37. The van der Waals surface area contributed by atoms with Crippen LogP contribution in [0.5, 0.6) is 0 Å². The summed E-state index contributed by atoms with van der Waals surface area (Å²) >= 11 is 3.09. The highest BCUT2D eigenvalue weighted by Crippen LogP contribution is 2.27. The zero-order chi connectivity index (χ0) is 14.2. The van der Waals surface area contributed by atoms with E-state index < -0.39 is 17.9 Å². The van der Waals surface area contributed by atoms with Gasteiger partial charge in [-0.2, -0.15) is 0 Å². The summed E-state index contributed by atoms with van der Waals surface area (Å²) in [6.45, 7) is 3.47. The summed E-state index contributed by atoms with van der Waals surface area (Å²) < 4.78 is 13.5. The number of benzene rings is 1. The molecule has 4 nitrogen and oxygen atoms in total. The van der Waals surface area contributed by atoms with Crippen molar-refractivity contribution in [3.05, 3.63) is 28.5 Å². The van der Waals surface area contributed by atoms with E-state index in [1.54, 1.807) is 6.92 Å². The van der Waals surface area contributed by atoms with E-state index in [9.17, 15) is 14.0 Å². The first kappa shape index (κ1) is 14.0. The van der Waals surface area contributed by atoms with E-state index in [0.29, 0.717) is 12.1 Å². The highest BCUT2D eigenvalue weighted by molar-refractivity contribution is 9.10. The van der Waals surface area contributed by atoms with Crippen molar-refractivity contribution in [2.24, 2.45) is 0 Å². The Hall–Kier alpha value is -1.43. The SMILES string of the molecule is CCC1C(=O)NC(C)C(=O)N1c1ccc(F)c(Br)c1. The molecule has 0 aromatic heterocycles. The van der Waals surface area contributed by atoms with Gasteiger partial charge in [-0.15, -0.1) is 0 Å². The predicted molar refractivity (Wildman–Crippen MR) is 73.3 cm³/mol. The molecule has 1 aromatic rings. The van der Waals surface area contributed by atoms with Gasteiger partial charge in [0.05, 0.1) is 4.47 Å². The van der Waals surface area contributed by atoms with Gasteiger partial charge in [0.1, 0.15) is 17.9 Å². The molecule has 1 heterocycles. The lowest BCUT2D eigenvalue weighted by Crippen LogP contribution is -2.62. The largest absolute Gasteiger partial charge is 0.343 e. The molecule has 2 unspecified atom stereocenters. The van der Waals surface area contributed by atoms with Gasteiger partial charge in [-0.05, 0) is 47.5 Å². The minimum Gasteiger partial charge on any atom is -0.343 e. The second-order valence-electron chi connectivity index (χ2n) is 4.46. The molecule has 102 valence electrons. The van der Waals surface area contributed by atoms with Crippen molar-refractivity contribution >= 4 is 33.4 Å². The molecule has 19 heavy (non-hydrogen) atoms. The lowest BCUT2D eigenvalue weighted by molar-refractivity contribution is -0.133. The van der Waals surface area contributed by atoms with Gasteiger partial charge in [0.15, 0.2) is 0 Å². The smallest absolute Gasteiger partial charge is 0.250 e. The normalized spacial score (nSPS) is 23.5. The number of carbonyl (C=O) groups excluding carboxylic acids is 2. The molecular formula is C13H14BrFN2O2. The van der Waals surface area contributed by atoms with Crippen molar-refractivity contribution in [3.63, 3.8) is 0 Å². The van der Waals surface area contributed by atoms with Gasteiger partial charge in [-0.1, -0.05) is 6.92 Å². The number of hydrogen-bond acceptors (Lipinski definition) is 2. The highest BCUT2D eigenvalue weighted by atomic mass is 79.9. The third kappa shape index (κ3) is 2.49. The Morgan fingerprint density at radius 3 is 2.68 bits per heavy atom. The molecule has 2 amide bonds. The average molecular weight is 329 g/mol. The summed E-state index contributed by atoms with van der Waals surface area (Å²) in [5.74, 6) is -0.779. The lowest BCUT2D eigenvalue weighted by atomic mass is 10.0. The van der Waals surface area contributed by atoms with Crippen LogP contribution in [0.4, 0.5) is 10.1 Å². The second-order valence-corrected chi connectivity index (χ2v) is 5.32. The van der Waals surface area contributed by atoms with Crippen molar-refractivity contribution in [2.45, 2.75) is 32.4 Å². The number of hydrogen-bond donors (Lipinski definition) is 1. The van der Waals surface area contributed by atoms with E-state index in [1.807, 2.05) is 6.92 Å². The zero-order valence-corrected chi connectivity index (χ0v) is 12.2. The molecule has 0 aliphatic carbocycles. The molecule has 0 saturated carbocycles.